The molecule has 0 aliphatic rings. The molecule has 4 rings (SSSR count). The second kappa shape index (κ2) is 5.34. The van der Waals surface area contributed by atoms with Crippen molar-refractivity contribution in [1.29, 1.82) is 0 Å². The van der Waals surface area contributed by atoms with E-state index in [1.807, 2.05) is 41.8 Å². The van der Waals surface area contributed by atoms with Gasteiger partial charge in [0.15, 0.2) is 11.0 Å². The maximum atomic E-state index is 5.26. The van der Waals surface area contributed by atoms with E-state index in [9.17, 15) is 0 Å². The highest BCUT2D eigenvalue weighted by molar-refractivity contribution is 7.98. The molecule has 3 heterocycles. The Balaban J connectivity index is 1.49. The molecule has 1 N–H and O–H groups in total. The number of imidazole rings is 1. The van der Waals surface area contributed by atoms with Crippen LogP contribution >= 0.6 is 23.1 Å². The van der Waals surface area contributed by atoms with Gasteiger partial charge in [0.25, 0.3) is 5.89 Å². The molecule has 0 atom stereocenters. The summed E-state index contributed by atoms with van der Waals surface area (Å²) in [4.78, 5) is 13.2. The molecule has 5 nitrogen and oxygen atoms in total. The molecule has 4 aromatic rings. The van der Waals surface area contributed by atoms with Crippen LogP contribution in [-0.2, 0) is 5.75 Å². The van der Waals surface area contributed by atoms with Crippen LogP contribution in [0.2, 0.25) is 0 Å². The van der Waals surface area contributed by atoms with Gasteiger partial charge in [-0.05, 0) is 23.6 Å². The maximum Gasteiger partial charge on any atom is 0.268 e. The monoisotopic (exact) mass is 314 g/mol. The zero-order valence-electron chi connectivity index (χ0n) is 10.8. The fraction of sp³-hybridized carbons (Fsp3) is 0.0714. The number of hydrogen-bond donors (Lipinski definition) is 1. The summed E-state index contributed by atoms with van der Waals surface area (Å²) in [6, 6.07) is 11.9. The fourth-order valence-corrected chi connectivity index (χ4v) is 3.32. The molecule has 0 spiro atoms. The molecule has 21 heavy (non-hydrogen) atoms. The molecular formula is C14H10N4OS2. The van der Waals surface area contributed by atoms with Crippen molar-refractivity contribution in [3.05, 3.63) is 47.6 Å². The van der Waals surface area contributed by atoms with Crippen LogP contribution in [0.5, 0.6) is 0 Å². The van der Waals surface area contributed by atoms with E-state index in [0.717, 1.165) is 21.1 Å². The van der Waals surface area contributed by atoms with Crippen LogP contribution < -0.4 is 0 Å². The summed E-state index contributed by atoms with van der Waals surface area (Å²) in [5.74, 6) is 1.86. The summed E-state index contributed by atoms with van der Waals surface area (Å²) >= 11 is 3.15. The predicted molar refractivity (Wildman–Crippen MR) is 83.3 cm³/mol. The van der Waals surface area contributed by atoms with Crippen molar-refractivity contribution >= 4 is 34.1 Å². The Bertz CT molecular complexity index is 833. The largest absolute Gasteiger partial charge is 0.333 e. The van der Waals surface area contributed by atoms with E-state index in [2.05, 4.69) is 20.1 Å². The molecule has 0 unspecified atom stereocenters. The molecule has 104 valence electrons. The van der Waals surface area contributed by atoms with Crippen LogP contribution in [0, 0.1) is 0 Å². The van der Waals surface area contributed by atoms with Crippen LogP contribution in [0.3, 0.4) is 0 Å². The number of aromatic amines is 1. The standard InChI is InChI=1S/C14H10N4OS2/c1-2-5-10-9(4-1)15-14(16-10)21-8-12-17-13(19-18-12)11-6-3-7-20-11/h1-7H,8H2,(H,15,16). The van der Waals surface area contributed by atoms with Crippen molar-refractivity contribution in [2.45, 2.75) is 10.9 Å². The van der Waals surface area contributed by atoms with Crippen LogP contribution in [0.25, 0.3) is 21.8 Å². The Morgan fingerprint density at radius 1 is 1.14 bits per heavy atom. The first-order valence-electron chi connectivity index (χ1n) is 6.32. The van der Waals surface area contributed by atoms with Gasteiger partial charge in [-0.2, -0.15) is 4.98 Å². The molecule has 1 aromatic carbocycles. The van der Waals surface area contributed by atoms with Gasteiger partial charge in [0, 0.05) is 0 Å². The summed E-state index contributed by atoms with van der Waals surface area (Å²) in [6.45, 7) is 0. The first kappa shape index (κ1) is 12.6. The van der Waals surface area contributed by atoms with E-state index in [1.165, 1.54) is 0 Å². The molecule has 0 saturated carbocycles. The number of aromatic nitrogens is 4. The van der Waals surface area contributed by atoms with Gasteiger partial charge < -0.3 is 9.51 Å². The number of nitrogens with zero attached hydrogens (tertiary/aromatic N) is 3. The summed E-state index contributed by atoms with van der Waals surface area (Å²) < 4.78 is 5.26. The average Bonchev–Trinajstić information content (AvgIpc) is 3.23. The number of para-hydroxylation sites is 2. The number of benzene rings is 1. The van der Waals surface area contributed by atoms with Crippen molar-refractivity contribution in [2.24, 2.45) is 0 Å². The van der Waals surface area contributed by atoms with E-state index in [1.54, 1.807) is 23.1 Å². The predicted octanol–water partition coefficient (Wildman–Crippen LogP) is 3.97. The molecule has 0 fully saturated rings. The van der Waals surface area contributed by atoms with Gasteiger partial charge in [-0.3, -0.25) is 0 Å². The highest BCUT2D eigenvalue weighted by Crippen LogP contribution is 2.25. The number of hydrogen-bond acceptors (Lipinski definition) is 6. The Kier molecular flexibility index (Phi) is 3.21. The first-order chi connectivity index (χ1) is 10.4. The minimum Gasteiger partial charge on any atom is -0.333 e. The minimum atomic E-state index is 0.574. The van der Waals surface area contributed by atoms with Gasteiger partial charge in [-0.15, -0.1) is 11.3 Å². The van der Waals surface area contributed by atoms with E-state index in [4.69, 9.17) is 4.52 Å². The summed E-state index contributed by atoms with van der Waals surface area (Å²) in [6.07, 6.45) is 0. The highest BCUT2D eigenvalue weighted by atomic mass is 32.2. The summed E-state index contributed by atoms with van der Waals surface area (Å²) in [5.41, 5.74) is 2.00. The smallest absolute Gasteiger partial charge is 0.268 e. The van der Waals surface area contributed by atoms with E-state index < -0.39 is 0 Å². The van der Waals surface area contributed by atoms with Crippen molar-refractivity contribution in [1.82, 2.24) is 20.1 Å². The SMILES string of the molecule is c1csc(-c2nc(CSc3nc4ccccc4[nH]3)no2)c1. The number of thiophene rings is 1. The molecule has 0 radical (unpaired) electrons. The third-order valence-corrected chi connectivity index (χ3v) is 4.63. The zero-order chi connectivity index (χ0) is 14.1. The average molecular weight is 314 g/mol. The van der Waals surface area contributed by atoms with Crippen molar-refractivity contribution in [3.63, 3.8) is 0 Å². The molecule has 0 aliphatic carbocycles. The number of fused-ring (bicyclic) bond motifs is 1. The van der Waals surface area contributed by atoms with Gasteiger partial charge in [0.05, 0.1) is 21.7 Å². The molecule has 0 saturated heterocycles. The normalized spacial score (nSPS) is 11.2. The van der Waals surface area contributed by atoms with Crippen molar-refractivity contribution in [2.75, 3.05) is 0 Å². The topological polar surface area (TPSA) is 67.6 Å². The fourth-order valence-electron chi connectivity index (χ4n) is 1.94. The number of H-pyrrole nitrogens is 1. The molecule has 7 heteroatoms. The molecule has 3 aromatic heterocycles. The molecule has 0 amide bonds. The zero-order valence-corrected chi connectivity index (χ0v) is 12.4. The minimum absolute atomic E-state index is 0.574. The Labute approximate surface area is 128 Å². The van der Waals surface area contributed by atoms with Crippen LogP contribution in [0.4, 0.5) is 0 Å². The molecule has 0 bridgehead atoms. The van der Waals surface area contributed by atoms with Crippen LogP contribution in [0.1, 0.15) is 5.82 Å². The maximum absolute atomic E-state index is 5.26. The number of rotatable bonds is 4. The Morgan fingerprint density at radius 2 is 2.10 bits per heavy atom. The van der Waals surface area contributed by atoms with E-state index >= 15 is 0 Å². The van der Waals surface area contributed by atoms with E-state index in [-0.39, 0.29) is 0 Å². The lowest BCUT2D eigenvalue weighted by Gasteiger charge is -1.90. The Hall–Kier alpha value is -2.12. The first-order valence-corrected chi connectivity index (χ1v) is 8.19. The third-order valence-electron chi connectivity index (χ3n) is 2.91. The molecular weight excluding hydrogens is 304 g/mol. The lowest BCUT2D eigenvalue weighted by molar-refractivity contribution is 0.426. The number of nitrogens with one attached hydrogen (secondary N) is 1. The molecule has 0 aliphatic heterocycles. The van der Waals surface area contributed by atoms with Gasteiger partial charge >= 0.3 is 0 Å². The van der Waals surface area contributed by atoms with E-state index in [0.29, 0.717) is 17.5 Å². The van der Waals surface area contributed by atoms with Gasteiger partial charge in [0.2, 0.25) is 0 Å². The Morgan fingerprint density at radius 3 is 2.95 bits per heavy atom. The second-order valence-corrected chi connectivity index (χ2v) is 6.25. The lowest BCUT2D eigenvalue weighted by atomic mass is 10.3. The number of thioether (sulfide) groups is 1. The van der Waals surface area contributed by atoms with Crippen molar-refractivity contribution in [3.8, 4) is 10.8 Å². The van der Waals surface area contributed by atoms with Gasteiger partial charge in [0.1, 0.15) is 0 Å². The summed E-state index contributed by atoms with van der Waals surface area (Å²) in [5, 5.41) is 6.85. The van der Waals surface area contributed by atoms with Crippen molar-refractivity contribution < 1.29 is 4.52 Å². The second-order valence-electron chi connectivity index (χ2n) is 4.34. The summed E-state index contributed by atoms with van der Waals surface area (Å²) in [7, 11) is 0. The third kappa shape index (κ3) is 2.57. The quantitative estimate of drug-likeness (QED) is 0.577. The highest BCUT2D eigenvalue weighted by Gasteiger charge is 2.11. The van der Waals surface area contributed by atoms with Gasteiger partial charge in [-0.25, -0.2) is 4.98 Å². The lowest BCUT2D eigenvalue weighted by Crippen LogP contribution is -1.84. The van der Waals surface area contributed by atoms with Crippen LogP contribution in [-0.4, -0.2) is 20.1 Å². The van der Waals surface area contributed by atoms with Crippen LogP contribution in [0.15, 0.2) is 51.5 Å². The van der Waals surface area contributed by atoms with Gasteiger partial charge in [-0.1, -0.05) is 35.1 Å².